The normalized spacial score (nSPS) is 11.2. The van der Waals surface area contributed by atoms with Gasteiger partial charge in [-0.2, -0.15) is 5.10 Å². The Balaban J connectivity index is 1.56. The summed E-state index contributed by atoms with van der Waals surface area (Å²) in [6.07, 6.45) is 5.00. The molecule has 0 saturated heterocycles. The van der Waals surface area contributed by atoms with E-state index in [0.717, 1.165) is 11.3 Å². The number of amides is 2. The fourth-order valence-electron chi connectivity index (χ4n) is 3.98. The number of nitrogens with one attached hydrogen (secondary N) is 2. The number of nitrogens with zero attached hydrogens (tertiary/aromatic N) is 3. The van der Waals surface area contributed by atoms with Gasteiger partial charge in [-0.3, -0.25) is 14.6 Å². The van der Waals surface area contributed by atoms with Crippen molar-refractivity contribution in [2.45, 2.75) is 6.54 Å². The Kier molecular flexibility index (Phi) is 8.79. The molecule has 7 nitrogen and oxygen atoms in total. The van der Waals surface area contributed by atoms with Gasteiger partial charge in [-0.1, -0.05) is 71.2 Å². The van der Waals surface area contributed by atoms with Crippen LogP contribution in [-0.2, 0) is 11.3 Å². The number of benzene rings is 3. The second-order valence-corrected chi connectivity index (χ2v) is 10.1. The van der Waals surface area contributed by atoms with Gasteiger partial charge in [-0.05, 0) is 60.7 Å². The van der Waals surface area contributed by atoms with E-state index in [0.29, 0.717) is 27.0 Å². The molecule has 0 aliphatic heterocycles. The summed E-state index contributed by atoms with van der Waals surface area (Å²) in [6, 6.07) is 26.7. The maximum atomic E-state index is 13.5. The highest BCUT2D eigenvalue weighted by Gasteiger charge is 2.19. The molecule has 0 fully saturated rings. The Bertz CT molecular complexity index is 1720. The number of hydrogen-bond acceptors (Lipinski definition) is 4. The first-order valence-corrected chi connectivity index (χ1v) is 13.6. The quantitative estimate of drug-likeness (QED) is 0.188. The summed E-state index contributed by atoms with van der Waals surface area (Å²) in [7, 11) is 0. The summed E-state index contributed by atoms with van der Waals surface area (Å²) in [5.41, 5.74) is 3.57. The van der Waals surface area contributed by atoms with E-state index in [1.807, 2.05) is 48.5 Å². The third-order valence-corrected chi connectivity index (χ3v) is 6.81. The molecular weight excluding hydrogens is 581 g/mol. The molecule has 2 aromatic heterocycles. The van der Waals surface area contributed by atoms with Crippen molar-refractivity contribution in [3.05, 3.63) is 141 Å². The Morgan fingerprint density at radius 3 is 2.29 bits per heavy atom. The second kappa shape index (κ2) is 12.8. The van der Waals surface area contributed by atoms with Gasteiger partial charge >= 0.3 is 0 Å². The van der Waals surface area contributed by atoms with E-state index < -0.39 is 11.8 Å². The third kappa shape index (κ3) is 7.02. The summed E-state index contributed by atoms with van der Waals surface area (Å²) in [4.78, 5) is 31.0. The van der Waals surface area contributed by atoms with E-state index in [4.69, 9.17) is 39.9 Å². The van der Waals surface area contributed by atoms with Gasteiger partial charge < -0.3 is 10.6 Å². The molecule has 2 amide bonds. The number of carbonyl (C=O) groups excluding carboxylic acids is 2. The Hall–Kier alpha value is -4.43. The molecule has 5 rings (SSSR count). The van der Waals surface area contributed by atoms with Crippen LogP contribution in [0.3, 0.4) is 0 Å². The van der Waals surface area contributed by atoms with Gasteiger partial charge in [-0.15, -0.1) is 0 Å². The smallest absolute Gasteiger partial charge is 0.268 e. The topological polar surface area (TPSA) is 88.9 Å². The van der Waals surface area contributed by atoms with Crippen LogP contribution in [0.15, 0.2) is 109 Å². The van der Waals surface area contributed by atoms with Crippen LogP contribution in [0.5, 0.6) is 0 Å². The molecule has 0 aliphatic rings. The molecular formula is C31H22Cl3N5O2. The lowest BCUT2D eigenvalue weighted by Crippen LogP contribution is -2.34. The first-order chi connectivity index (χ1) is 19.9. The zero-order valence-electron chi connectivity index (χ0n) is 21.4. The monoisotopic (exact) mass is 601 g/mol. The van der Waals surface area contributed by atoms with Crippen molar-refractivity contribution in [3.63, 3.8) is 0 Å². The molecule has 2 N–H and O–H groups in total. The zero-order valence-corrected chi connectivity index (χ0v) is 23.7. The van der Waals surface area contributed by atoms with Crippen molar-refractivity contribution in [3.8, 4) is 16.9 Å². The maximum Gasteiger partial charge on any atom is 0.268 e. The number of pyridine rings is 1. The van der Waals surface area contributed by atoms with Gasteiger partial charge in [0.15, 0.2) is 0 Å². The SMILES string of the molecule is O=C(NCc1ccccn1)C(=Cc1cn(-c2ccccc2)nc1-c1ccc(Cl)cc1)NC(=O)c1ccc(Cl)cc1Cl. The van der Waals surface area contributed by atoms with E-state index in [-0.39, 0.29) is 22.8 Å². The molecule has 0 saturated carbocycles. The molecule has 10 heteroatoms. The average molecular weight is 603 g/mol. The lowest BCUT2D eigenvalue weighted by molar-refractivity contribution is -0.117. The Morgan fingerprint density at radius 1 is 0.854 bits per heavy atom. The van der Waals surface area contributed by atoms with Gasteiger partial charge in [0.1, 0.15) is 11.4 Å². The van der Waals surface area contributed by atoms with Crippen LogP contribution in [-0.4, -0.2) is 26.6 Å². The third-order valence-electron chi connectivity index (χ3n) is 6.01. The fourth-order valence-corrected chi connectivity index (χ4v) is 4.60. The standard InChI is InChI=1S/C31H22Cl3N5O2/c32-22-11-9-20(10-12-22)29-21(19-39(38-29)25-7-2-1-3-8-25)16-28(31(41)36-18-24-6-4-5-15-35-24)37-30(40)26-14-13-23(33)17-27(26)34/h1-17,19H,18H2,(H,36,41)(H,37,40). The Labute approximate surface area is 251 Å². The van der Waals surface area contributed by atoms with Crippen LogP contribution >= 0.6 is 34.8 Å². The largest absolute Gasteiger partial charge is 0.345 e. The minimum absolute atomic E-state index is 0.0141. The molecule has 3 aromatic carbocycles. The number of hydrogen-bond donors (Lipinski definition) is 2. The highest BCUT2D eigenvalue weighted by molar-refractivity contribution is 6.36. The molecule has 0 bridgehead atoms. The first kappa shape index (κ1) is 28.1. The predicted octanol–water partition coefficient (Wildman–Crippen LogP) is 6.98. The zero-order chi connectivity index (χ0) is 28.8. The minimum atomic E-state index is -0.575. The van der Waals surface area contributed by atoms with Gasteiger partial charge in [0.2, 0.25) is 0 Å². The molecule has 0 unspecified atom stereocenters. The summed E-state index contributed by atoms with van der Waals surface area (Å²) >= 11 is 18.4. The maximum absolute atomic E-state index is 13.5. The summed E-state index contributed by atoms with van der Waals surface area (Å²) < 4.78 is 1.71. The highest BCUT2D eigenvalue weighted by Crippen LogP contribution is 2.27. The minimum Gasteiger partial charge on any atom is -0.345 e. The van der Waals surface area contributed by atoms with E-state index in [1.165, 1.54) is 12.1 Å². The van der Waals surface area contributed by atoms with Gasteiger partial charge in [0.25, 0.3) is 11.8 Å². The van der Waals surface area contributed by atoms with Gasteiger partial charge in [0.05, 0.1) is 28.5 Å². The van der Waals surface area contributed by atoms with Crippen LogP contribution in [0, 0.1) is 0 Å². The van der Waals surface area contributed by atoms with Crippen LogP contribution < -0.4 is 10.6 Å². The molecule has 0 aliphatic carbocycles. The van der Waals surface area contributed by atoms with Crippen molar-refractivity contribution in [2.75, 3.05) is 0 Å². The molecule has 0 spiro atoms. The number of carbonyl (C=O) groups is 2. The second-order valence-electron chi connectivity index (χ2n) is 8.86. The summed E-state index contributed by atoms with van der Waals surface area (Å²) in [6.45, 7) is 0.155. The van der Waals surface area contributed by atoms with Crippen molar-refractivity contribution in [1.82, 2.24) is 25.4 Å². The fraction of sp³-hybridized carbons (Fsp3) is 0.0323. The number of rotatable bonds is 8. The van der Waals surface area contributed by atoms with E-state index in [1.54, 1.807) is 53.5 Å². The molecule has 0 atom stereocenters. The van der Waals surface area contributed by atoms with Crippen LogP contribution in [0.1, 0.15) is 21.6 Å². The van der Waals surface area contributed by atoms with Crippen LogP contribution in [0.25, 0.3) is 23.0 Å². The highest BCUT2D eigenvalue weighted by atomic mass is 35.5. The van der Waals surface area contributed by atoms with Gasteiger partial charge in [-0.25, -0.2) is 4.68 Å². The first-order valence-electron chi connectivity index (χ1n) is 12.4. The summed E-state index contributed by atoms with van der Waals surface area (Å²) in [5.74, 6) is -1.10. The predicted molar refractivity (Wildman–Crippen MR) is 162 cm³/mol. The molecule has 41 heavy (non-hydrogen) atoms. The van der Waals surface area contributed by atoms with Crippen molar-refractivity contribution in [2.24, 2.45) is 0 Å². The van der Waals surface area contributed by atoms with Crippen LogP contribution in [0.2, 0.25) is 15.1 Å². The molecule has 204 valence electrons. The van der Waals surface area contributed by atoms with Crippen LogP contribution in [0.4, 0.5) is 0 Å². The number of halogens is 3. The number of aromatic nitrogens is 3. The lowest BCUT2D eigenvalue weighted by Gasteiger charge is -2.12. The van der Waals surface area contributed by atoms with Crippen molar-refractivity contribution < 1.29 is 9.59 Å². The molecule has 5 aromatic rings. The van der Waals surface area contributed by atoms with Crippen molar-refractivity contribution >= 4 is 52.7 Å². The lowest BCUT2D eigenvalue weighted by atomic mass is 10.1. The average Bonchev–Trinajstić information content (AvgIpc) is 3.40. The Morgan fingerprint density at radius 2 is 1.59 bits per heavy atom. The van der Waals surface area contributed by atoms with Gasteiger partial charge in [0, 0.05) is 33.6 Å². The molecule has 2 heterocycles. The van der Waals surface area contributed by atoms with E-state index in [9.17, 15) is 9.59 Å². The summed E-state index contributed by atoms with van der Waals surface area (Å²) in [5, 5.41) is 11.4. The number of para-hydroxylation sites is 1. The van der Waals surface area contributed by atoms with Crippen molar-refractivity contribution in [1.29, 1.82) is 0 Å². The van der Waals surface area contributed by atoms with E-state index >= 15 is 0 Å². The molecule has 0 radical (unpaired) electrons. The van der Waals surface area contributed by atoms with E-state index in [2.05, 4.69) is 15.6 Å².